The first-order valence-electron chi connectivity index (χ1n) is 7.81. The maximum atomic E-state index is 13.1. The molecule has 3 rings (SSSR count). The number of morpholine rings is 1. The molecule has 1 aromatic carbocycles. The Morgan fingerprint density at radius 1 is 1.36 bits per heavy atom. The van der Waals surface area contributed by atoms with Gasteiger partial charge in [0.1, 0.15) is 0 Å². The Morgan fingerprint density at radius 2 is 2.14 bits per heavy atom. The van der Waals surface area contributed by atoms with Gasteiger partial charge in [0.2, 0.25) is 11.8 Å². The Balaban J connectivity index is 1.87. The first-order chi connectivity index (χ1) is 10.5. The zero-order chi connectivity index (χ0) is 15.7. The van der Waals surface area contributed by atoms with Crippen molar-refractivity contribution in [3.63, 3.8) is 0 Å². The molecule has 0 unspecified atom stereocenters. The number of aryl methyl sites for hydroxylation is 1. The second kappa shape index (κ2) is 5.72. The maximum absolute atomic E-state index is 13.1. The van der Waals surface area contributed by atoms with Gasteiger partial charge in [0.25, 0.3) is 0 Å². The number of primary amides is 1. The van der Waals surface area contributed by atoms with Crippen molar-refractivity contribution < 1.29 is 14.3 Å². The molecule has 0 bridgehead atoms. The fourth-order valence-corrected chi connectivity index (χ4v) is 3.62. The summed E-state index contributed by atoms with van der Waals surface area (Å²) in [6, 6.07) is 8.16. The van der Waals surface area contributed by atoms with E-state index in [4.69, 9.17) is 10.5 Å². The topological polar surface area (TPSA) is 72.6 Å². The molecule has 2 atom stereocenters. The summed E-state index contributed by atoms with van der Waals surface area (Å²) in [6.07, 6.45) is 2.16. The highest BCUT2D eigenvalue weighted by molar-refractivity contribution is 5.89. The van der Waals surface area contributed by atoms with Crippen molar-refractivity contribution in [2.75, 3.05) is 19.7 Å². The highest BCUT2D eigenvalue weighted by Crippen LogP contribution is 2.38. The Hall–Kier alpha value is -1.88. The van der Waals surface area contributed by atoms with Crippen LogP contribution in [0.25, 0.3) is 0 Å². The average molecular weight is 302 g/mol. The highest BCUT2D eigenvalue weighted by Gasteiger charge is 2.42. The SMILES string of the molecule is C[C@]1(C(=O)N2CCO[C@H](C(N)=O)C2)CCCc2ccccc21. The van der Waals surface area contributed by atoms with E-state index in [1.807, 2.05) is 19.1 Å². The van der Waals surface area contributed by atoms with Crippen LogP contribution >= 0.6 is 0 Å². The van der Waals surface area contributed by atoms with Crippen LogP contribution in [0.3, 0.4) is 0 Å². The fraction of sp³-hybridized carbons (Fsp3) is 0.529. The Labute approximate surface area is 130 Å². The van der Waals surface area contributed by atoms with Gasteiger partial charge in [-0.05, 0) is 37.3 Å². The second-order valence-electron chi connectivity index (χ2n) is 6.36. The zero-order valence-electron chi connectivity index (χ0n) is 12.9. The third-order valence-corrected chi connectivity index (χ3v) is 4.88. The van der Waals surface area contributed by atoms with Crippen LogP contribution in [0, 0.1) is 0 Å². The molecular formula is C17H22N2O3. The van der Waals surface area contributed by atoms with Gasteiger partial charge >= 0.3 is 0 Å². The second-order valence-corrected chi connectivity index (χ2v) is 6.36. The third kappa shape index (κ3) is 2.50. The minimum atomic E-state index is -0.694. The van der Waals surface area contributed by atoms with Gasteiger partial charge in [-0.1, -0.05) is 24.3 Å². The lowest BCUT2D eigenvalue weighted by atomic mass is 9.70. The van der Waals surface area contributed by atoms with Crippen LogP contribution in [0.1, 0.15) is 30.9 Å². The minimum absolute atomic E-state index is 0.0780. The number of carbonyl (C=O) groups excluding carboxylic acids is 2. The Bertz CT molecular complexity index is 601. The van der Waals surface area contributed by atoms with Gasteiger partial charge in [-0.25, -0.2) is 0 Å². The molecular weight excluding hydrogens is 280 g/mol. The monoisotopic (exact) mass is 302 g/mol. The highest BCUT2D eigenvalue weighted by atomic mass is 16.5. The Kier molecular flexibility index (Phi) is 3.91. The quantitative estimate of drug-likeness (QED) is 0.885. The minimum Gasteiger partial charge on any atom is -0.367 e. The molecule has 22 heavy (non-hydrogen) atoms. The van der Waals surface area contributed by atoms with Gasteiger partial charge in [0, 0.05) is 6.54 Å². The van der Waals surface area contributed by atoms with E-state index in [1.54, 1.807) is 4.90 Å². The predicted octanol–water partition coefficient (Wildman–Crippen LogP) is 0.993. The molecule has 5 heteroatoms. The van der Waals surface area contributed by atoms with E-state index in [-0.39, 0.29) is 12.5 Å². The smallest absolute Gasteiger partial charge is 0.248 e. The maximum Gasteiger partial charge on any atom is 0.248 e. The largest absolute Gasteiger partial charge is 0.367 e. The van der Waals surface area contributed by atoms with Crippen molar-refractivity contribution in [1.82, 2.24) is 4.90 Å². The number of hydrogen-bond acceptors (Lipinski definition) is 3. The Morgan fingerprint density at radius 3 is 2.91 bits per heavy atom. The van der Waals surface area contributed by atoms with Crippen LogP contribution < -0.4 is 5.73 Å². The van der Waals surface area contributed by atoms with E-state index in [0.717, 1.165) is 24.8 Å². The summed E-state index contributed by atoms with van der Waals surface area (Å²) in [5.74, 6) is -0.430. The van der Waals surface area contributed by atoms with Crippen LogP contribution in [-0.4, -0.2) is 42.5 Å². The standard InChI is InChI=1S/C17H22N2O3/c1-17(8-4-6-12-5-2-3-7-13(12)17)16(21)19-9-10-22-14(11-19)15(18)20/h2-3,5,7,14H,4,6,8-11H2,1H3,(H2,18,20)/t14-,17-/m0/s1. The van der Waals surface area contributed by atoms with Crippen molar-refractivity contribution in [2.24, 2.45) is 5.73 Å². The molecule has 1 fully saturated rings. The van der Waals surface area contributed by atoms with Gasteiger partial charge < -0.3 is 15.4 Å². The lowest BCUT2D eigenvalue weighted by molar-refractivity contribution is -0.149. The fourth-order valence-electron chi connectivity index (χ4n) is 3.62. The van der Waals surface area contributed by atoms with Gasteiger partial charge in [0.05, 0.1) is 18.6 Å². The number of ether oxygens (including phenoxy) is 1. The summed E-state index contributed by atoms with van der Waals surface area (Å²) in [5.41, 5.74) is 7.17. The summed E-state index contributed by atoms with van der Waals surface area (Å²) in [5, 5.41) is 0. The molecule has 1 aliphatic carbocycles. The molecule has 1 aliphatic heterocycles. The van der Waals surface area contributed by atoms with E-state index in [2.05, 4.69) is 12.1 Å². The summed E-state index contributed by atoms with van der Waals surface area (Å²) in [4.78, 5) is 26.2. The van der Waals surface area contributed by atoms with Crippen molar-refractivity contribution in [3.8, 4) is 0 Å². The molecule has 2 N–H and O–H groups in total. The van der Waals surface area contributed by atoms with Gasteiger partial charge in [-0.3, -0.25) is 9.59 Å². The first-order valence-corrected chi connectivity index (χ1v) is 7.81. The predicted molar refractivity (Wildman–Crippen MR) is 82.2 cm³/mol. The molecule has 0 saturated carbocycles. The van der Waals surface area contributed by atoms with Gasteiger partial charge in [-0.2, -0.15) is 0 Å². The van der Waals surface area contributed by atoms with E-state index in [0.29, 0.717) is 13.2 Å². The molecule has 2 amide bonds. The van der Waals surface area contributed by atoms with Crippen molar-refractivity contribution >= 4 is 11.8 Å². The summed E-state index contributed by atoms with van der Waals surface area (Å²) in [7, 11) is 0. The van der Waals surface area contributed by atoms with Crippen molar-refractivity contribution in [3.05, 3.63) is 35.4 Å². The molecule has 1 aromatic rings. The number of amides is 2. The molecule has 0 aromatic heterocycles. The summed E-state index contributed by atoms with van der Waals surface area (Å²) in [6.45, 7) is 3.14. The van der Waals surface area contributed by atoms with Gasteiger partial charge in [-0.15, -0.1) is 0 Å². The van der Waals surface area contributed by atoms with E-state index in [9.17, 15) is 9.59 Å². The van der Waals surface area contributed by atoms with E-state index >= 15 is 0 Å². The molecule has 1 heterocycles. The number of nitrogens with two attached hydrogens (primary N) is 1. The average Bonchev–Trinajstić information content (AvgIpc) is 2.54. The van der Waals surface area contributed by atoms with Gasteiger partial charge in [0.15, 0.2) is 6.10 Å². The lowest BCUT2D eigenvalue weighted by Crippen LogP contribution is -2.55. The van der Waals surface area contributed by atoms with Crippen LogP contribution in [-0.2, 0) is 26.2 Å². The number of rotatable bonds is 2. The number of fused-ring (bicyclic) bond motifs is 1. The van der Waals surface area contributed by atoms with Crippen LogP contribution in [0.4, 0.5) is 0 Å². The summed E-state index contributed by atoms with van der Waals surface area (Å²) < 4.78 is 5.34. The van der Waals surface area contributed by atoms with Crippen LogP contribution in [0.2, 0.25) is 0 Å². The normalized spacial score (nSPS) is 28.0. The van der Waals surface area contributed by atoms with Crippen LogP contribution in [0.15, 0.2) is 24.3 Å². The number of nitrogens with zero attached hydrogens (tertiary/aromatic N) is 1. The van der Waals surface area contributed by atoms with E-state index in [1.165, 1.54) is 5.56 Å². The summed E-state index contributed by atoms with van der Waals surface area (Å²) >= 11 is 0. The van der Waals surface area contributed by atoms with Crippen LogP contribution in [0.5, 0.6) is 0 Å². The zero-order valence-corrected chi connectivity index (χ0v) is 12.9. The molecule has 0 radical (unpaired) electrons. The lowest BCUT2D eigenvalue weighted by Gasteiger charge is -2.41. The first kappa shape index (κ1) is 15.0. The molecule has 118 valence electrons. The number of benzene rings is 1. The molecule has 5 nitrogen and oxygen atoms in total. The number of hydrogen-bond donors (Lipinski definition) is 1. The third-order valence-electron chi connectivity index (χ3n) is 4.88. The van der Waals surface area contributed by atoms with Crippen molar-refractivity contribution in [2.45, 2.75) is 37.7 Å². The molecule has 0 spiro atoms. The van der Waals surface area contributed by atoms with Crippen molar-refractivity contribution in [1.29, 1.82) is 0 Å². The molecule has 2 aliphatic rings. The number of carbonyl (C=O) groups is 2. The molecule has 1 saturated heterocycles. The van der Waals surface area contributed by atoms with E-state index < -0.39 is 17.4 Å².